The lowest BCUT2D eigenvalue weighted by Gasteiger charge is -2.15. The number of hydrogen-bond donors (Lipinski definition) is 0. The van der Waals surface area contributed by atoms with E-state index in [9.17, 15) is 19.2 Å². The second-order valence-corrected chi connectivity index (χ2v) is 7.34. The summed E-state index contributed by atoms with van der Waals surface area (Å²) in [6.07, 6.45) is -1.01. The minimum Gasteiger partial charge on any atom is -0.451 e. The van der Waals surface area contributed by atoms with Gasteiger partial charge in [0.15, 0.2) is 6.10 Å². The molecule has 6 nitrogen and oxygen atoms in total. The van der Waals surface area contributed by atoms with Crippen molar-refractivity contribution in [2.75, 3.05) is 4.90 Å². The van der Waals surface area contributed by atoms with Gasteiger partial charge in [0.2, 0.25) is 5.78 Å². The molecule has 0 N–H and O–H groups in total. The minimum atomic E-state index is -1.01. The number of ether oxygens (including phenoxy) is 1. The number of amides is 2. The number of Topliss-reactive ketones (excluding diaryl/α,β-unsaturated/α-hetero) is 1. The highest BCUT2D eigenvalue weighted by molar-refractivity contribution is 6.39. The Balaban J connectivity index is 1.57. The van der Waals surface area contributed by atoms with Crippen LogP contribution in [0.25, 0.3) is 0 Å². The predicted molar refractivity (Wildman–Crippen MR) is 115 cm³/mol. The van der Waals surface area contributed by atoms with Gasteiger partial charge in [0, 0.05) is 5.56 Å². The molecule has 1 aliphatic heterocycles. The van der Waals surface area contributed by atoms with Crippen LogP contribution in [-0.2, 0) is 4.74 Å². The Morgan fingerprint density at radius 1 is 0.839 bits per heavy atom. The molecule has 154 valence electrons. The summed E-state index contributed by atoms with van der Waals surface area (Å²) in [5.74, 6) is -2.22. The van der Waals surface area contributed by atoms with Crippen molar-refractivity contribution in [3.8, 4) is 0 Å². The molecule has 31 heavy (non-hydrogen) atoms. The summed E-state index contributed by atoms with van der Waals surface area (Å²) in [6, 6.07) is 19.1. The third kappa shape index (κ3) is 3.73. The molecule has 1 unspecified atom stereocenters. The first-order valence-corrected chi connectivity index (χ1v) is 9.84. The van der Waals surface area contributed by atoms with E-state index < -0.39 is 23.9 Å². The van der Waals surface area contributed by atoms with Crippen LogP contribution in [0, 0.1) is 0 Å². The number of esters is 1. The molecule has 0 saturated heterocycles. The molecule has 0 aromatic heterocycles. The SMILES string of the molecule is CC(OC(=O)c1ccc2c(c1)C(=O)N(c1ccccc1Cl)C2=O)C(=O)c1ccccc1. The molecule has 7 heteroatoms. The van der Waals surface area contributed by atoms with Gasteiger partial charge in [-0.1, -0.05) is 54.1 Å². The van der Waals surface area contributed by atoms with Gasteiger partial charge in [-0.3, -0.25) is 14.4 Å². The van der Waals surface area contributed by atoms with Crippen molar-refractivity contribution in [2.24, 2.45) is 0 Å². The van der Waals surface area contributed by atoms with Crippen LogP contribution >= 0.6 is 11.6 Å². The molecule has 0 aliphatic carbocycles. The van der Waals surface area contributed by atoms with Crippen LogP contribution in [-0.4, -0.2) is 29.7 Å². The Bertz CT molecular complexity index is 1220. The van der Waals surface area contributed by atoms with Gasteiger partial charge < -0.3 is 4.74 Å². The van der Waals surface area contributed by atoms with Gasteiger partial charge in [0.25, 0.3) is 11.8 Å². The summed E-state index contributed by atoms with van der Waals surface area (Å²) in [6.45, 7) is 1.48. The molecule has 1 atom stereocenters. The van der Waals surface area contributed by atoms with Gasteiger partial charge in [-0.05, 0) is 37.3 Å². The highest BCUT2D eigenvalue weighted by Crippen LogP contribution is 2.33. The Morgan fingerprint density at radius 3 is 2.19 bits per heavy atom. The number of halogens is 1. The Morgan fingerprint density at radius 2 is 1.48 bits per heavy atom. The summed E-state index contributed by atoms with van der Waals surface area (Å²) >= 11 is 6.14. The molecule has 1 aliphatic rings. The maximum absolute atomic E-state index is 12.9. The minimum absolute atomic E-state index is 0.0635. The zero-order chi connectivity index (χ0) is 22.1. The Labute approximate surface area is 183 Å². The zero-order valence-electron chi connectivity index (χ0n) is 16.4. The number of anilines is 1. The van der Waals surface area contributed by atoms with Gasteiger partial charge >= 0.3 is 5.97 Å². The van der Waals surface area contributed by atoms with Crippen molar-refractivity contribution in [2.45, 2.75) is 13.0 Å². The third-order valence-electron chi connectivity index (χ3n) is 4.93. The molecule has 3 aromatic carbocycles. The number of carbonyl (C=O) groups excluding carboxylic acids is 4. The van der Waals surface area contributed by atoms with E-state index in [1.807, 2.05) is 0 Å². The van der Waals surface area contributed by atoms with Crippen LogP contribution in [0.15, 0.2) is 72.8 Å². The first-order valence-electron chi connectivity index (χ1n) is 9.46. The fraction of sp³-hybridized carbons (Fsp3) is 0.0833. The van der Waals surface area contributed by atoms with E-state index in [-0.39, 0.29) is 33.2 Å². The monoisotopic (exact) mass is 433 g/mol. The summed E-state index contributed by atoms with van der Waals surface area (Å²) in [4.78, 5) is 51.6. The van der Waals surface area contributed by atoms with E-state index in [1.165, 1.54) is 25.1 Å². The van der Waals surface area contributed by atoms with Crippen LogP contribution in [0.2, 0.25) is 5.02 Å². The standard InChI is InChI=1S/C24H16ClNO5/c1-14(21(27)15-7-3-2-4-8-15)31-24(30)16-11-12-17-18(13-16)23(29)26(22(17)28)20-10-6-5-9-19(20)25/h2-14H,1H3. The lowest BCUT2D eigenvalue weighted by atomic mass is 10.1. The van der Waals surface area contributed by atoms with E-state index in [2.05, 4.69) is 0 Å². The van der Waals surface area contributed by atoms with Crippen LogP contribution < -0.4 is 4.90 Å². The normalized spacial score (nSPS) is 13.7. The maximum Gasteiger partial charge on any atom is 0.338 e. The molecule has 4 rings (SSSR count). The summed E-state index contributed by atoms with van der Waals surface area (Å²) in [7, 11) is 0. The Hall–Kier alpha value is -3.77. The van der Waals surface area contributed by atoms with Crippen molar-refractivity contribution in [1.82, 2.24) is 0 Å². The van der Waals surface area contributed by atoms with Crippen LogP contribution in [0.5, 0.6) is 0 Å². The number of benzene rings is 3. The van der Waals surface area contributed by atoms with Crippen molar-refractivity contribution in [1.29, 1.82) is 0 Å². The molecule has 1 heterocycles. The molecule has 0 fully saturated rings. The predicted octanol–water partition coefficient (Wildman–Crippen LogP) is 4.57. The lowest BCUT2D eigenvalue weighted by molar-refractivity contribution is 0.0318. The number of rotatable bonds is 5. The fourth-order valence-electron chi connectivity index (χ4n) is 3.34. The van der Waals surface area contributed by atoms with E-state index in [1.54, 1.807) is 54.6 Å². The quantitative estimate of drug-likeness (QED) is 0.334. The Kier molecular flexibility index (Phi) is 5.40. The van der Waals surface area contributed by atoms with Gasteiger partial charge in [-0.15, -0.1) is 0 Å². The molecule has 0 radical (unpaired) electrons. The second kappa shape index (κ2) is 8.16. The summed E-state index contributed by atoms with van der Waals surface area (Å²) < 4.78 is 5.29. The molecule has 2 amide bonds. The van der Waals surface area contributed by atoms with Crippen LogP contribution in [0.4, 0.5) is 5.69 Å². The highest BCUT2D eigenvalue weighted by Gasteiger charge is 2.38. The van der Waals surface area contributed by atoms with Crippen molar-refractivity contribution in [3.63, 3.8) is 0 Å². The smallest absolute Gasteiger partial charge is 0.338 e. The second-order valence-electron chi connectivity index (χ2n) is 6.94. The first-order chi connectivity index (χ1) is 14.9. The van der Waals surface area contributed by atoms with Crippen LogP contribution in [0.1, 0.15) is 48.4 Å². The molecular weight excluding hydrogens is 418 g/mol. The van der Waals surface area contributed by atoms with Crippen molar-refractivity contribution >= 4 is 40.9 Å². The van der Waals surface area contributed by atoms with E-state index in [0.717, 1.165) is 4.90 Å². The van der Waals surface area contributed by atoms with Crippen LogP contribution in [0.3, 0.4) is 0 Å². The zero-order valence-corrected chi connectivity index (χ0v) is 17.1. The number of ketones is 1. The average molecular weight is 434 g/mol. The number of nitrogens with zero attached hydrogens (tertiary/aromatic N) is 1. The maximum atomic E-state index is 12.9. The first kappa shape index (κ1) is 20.5. The summed E-state index contributed by atoms with van der Waals surface area (Å²) in [5, 5.41) is 0.255. The van der Waals surface area contributed by atoms with E-state index in [4.69, 9.17) is 16.3 Å². The molecule has 3 aromatic rings. The van der Waals surface area contributed by atoms with Gasteiger partial charge in [0.05, 0.1) is 27.4 Å². The van der Waals surface area contributed by atoms with Gasteiger partial charge in [-0.25, -0.2) is 9.69 Å². The number of hydrogen-bond acceptors (Lipinski definition) is 5. The van der Waals surface area contributed by atoms with Crippen molar-refractivity contribution in [3.05, 3.63) is 100 Å². The van der Waals surface area contributed by atoms with Gasteiger partial charge in [0.1, 0.15) is 0 Å². The largest absolute Gasteiger partial charge is 0.451 e. The fourth-order valence-corrected chi connectivity index (χ4v) is 3.56. The number of carbonyl (C=O) groups is 4. The number of fused-ring (bicyclic) bond motifs is 1. The molecule has 0 saturated carbocycles. The van der Waals surface area contributed by atoms with E-state index in [0.29, 0.717) is 5.56 Å². The van der Waals surface area contributed by atoms with Gasteiger partial charge in [-0.2, -0.15) is 0 Å². The topological polar surface area (TPSA) is 80.8 Å². The van der Waals surface area contributed by atoms with E-state index >= 15 is 0 Å². The molecule has 0 spiro atoms. The molecule has 0 bridgehead atoms. The third-order valence-corrected chi connectivity index (χ3v) is 5.25. The summed E-state index contributed by atoms with van der Waals surface area (Å²) in [5.41, 5.74) is 0.986. The number of imide groups is 1. The number of para-hydroxylation sites is 1. The highest BCUT2D eigenvalue weighted by atomic mass is 35.5. The molecular formula is C24H16ClNO5. The van der Waals surface area contributed by atoms with Crippen molar-refractivity contribution < 1.29 is 23.9 Å². The lowest BCUT2D eigenvalue weighted by Crippen LogP contribution is -2.29. The average Bonchev–Trinajstić information content (AvgIpc) is 3.03.